The lowest BCUT2D eigenvalue weighted by atomic mass is 9.51. The molecule has 0 heterocycles. The van der Waals surface area contributed by atoms with Crippen molar-refractivity contribution in [1.29, 1.82) is 0 Å². The largest absolute Gasteiger partial charge is 0.507 e. The Kier molecular flexibility index (Phi) is 6.68. The summed E-state index contributed by atoms with van der Waals surface area (Å²) in [5.74, 6) is -10.4. The lowest BCUT2D eigenvalue weighted by molar-refractivity contribution is -0.207. The number of phenolic OH excluding ortho intramolecular Hbond substituents is 1. The molecule has 0 aromatic heterocycles. The van der Waals surface area contributed by atoms with Gasteiger partial charge >= 0.3 is 5.97 Å². The highest BCUT2D eigenvalue weighted by Crippen LogP contribution is 2.56. The Hall–Kier alpha value is -3.28. The number of hydrogen-bond donors (Lipinski definition) is 5. The zero-order valence-corrected chi connectivity index (χ0v) is 21.0. The molecule has 0 radical (unpaired) electrons. The van der Waals surface area contributed by atoms with Gasteiger partial charge in [-0.15, -0.1) is 0 Å². The molecule has 1 aromatic carbocycles. The number of aromatic hydroxyl groups is 1. The van der Waals surface area contributed by atoms with Crippen LogP contribution in [0.3, 0.4) is 0 Å². The minimum atomic E-state index is -2.95. The Morgan fingerprint density at radius 2 is 1.84 bits per heavy atom. The maximum absolute atomic E-state index is 14.0. The molecule has 4 rings (SSSR count). The molecule has 6 N–H and O–H groups in total. The molecular weight excluding hydrogens is 484 g/mol. The fourth-order valence-corrected chi connectivity index (χ4v) is 6.46. The summed E-state index contributed by atoms with van der Waals surface area (Å²) < 4.78 is 5.86. The number of rotatable bonds is 5. The van der Waals surface area contributed by atoms with Crippen molar-refractivity contribution in [2.45, 2.75) is 56.5 Å². The highest BCUT2D eigenvalue weighted by molar-refractivity contribution is 6.25. The number of esters is 1. The number of nitrogens with zero attached hydrogens (tertiary/aromatic N) is 1. The first kappa shape index (κ1) is 26.8. The molecule has 1 amide bonds. The van der Waals surface area contributed by atoms with E-state index >= 15 is 0 Å². The molecule has 3 aliphatic rings. The maximum atomic E-state index is 14.0. The lowest BCUT2D eigenvalue weighted by Gasteiger charge is -2.57. The molecule has 0 bridgehead atoms. The molecule has 0 aliphatic heterocycles. The summed E-state index contributed by atoms with van der Waals surface area (Å²) in [6.07, 6.45) is -2.62. The summed E-state index contributed by atoms with van der Waals surface area (Å²) >= 11 is 0. The van der Waals surface area contributed by atoms with Crippen LogP contribution in [-0.2, 0) is 23.9 Å². The van der Waals surface area contributed by atoms with E-state index in [4.69, 9.17) is 10.5 Å². The standard InChI is InChI=1S/C26H32N2O9/c1-5-7-13(30)37-22-14-10(2)11-8-6-9-12(29)15(11)20(31)16(14)23(33)26(36)18(22)19(28(3)4)21(32)17(24(26)34)25(27)35/h6,8-10,14,17-19,21-22,29,31-32,36H,5,7H2,1-4H3,(H2,27,35)/t10-,14+,17?,18+,19-,21?,22-,26-/m0/s1. The molecule has 11 nitrogen and oxygen atoms in total. The zero-order chi connectivity index (χ0) is 27.6. The second kappa shape index (κ2) is 9.23. The van der Waals surface area contributed by atoms with Gasteiger partial charge in [0.25, 0.3) is 0 Å². The lowest BCUT2D eigenvalue weighted by Crippen LogP contribution is -2.77. The van der Waals surface area contributed by atoms with Gasteiger partial charge in [-0.3, -0.25) is 19.2 Å². The van der Waals surface area contributed by atoms with E-state index < -0.39 is 76.7 Å². The molecule has 3 aliphatic carbocycles. The van der Waals surface area contributed by atoms with Gasteiger partial charge in [0.1, 0.15) is 23.5 Å². The number of Topliss-reactive ketones (excluding diaryl/α,β-unsaturated/α-hetero) is 2. The molecule has 0 spiro atoms. The summed E-state index contributed by atoms with van der Waals surface area (Å²) in [4.78, 5) is 54.1. The van der Waals surface area contributed by atoms with E-state index in [1.807, 2.05) is 0 Å². The number of primary amides is 1. The third-order valence-corrected chi connectivity index (χ3v) is 8.05. The molecule has 0 saturated heterocycles. The molecule has 200 valence electrons. The van der Waals surface area contributed by atoms with Crippen LogP contribution in [0.4, 0.5) is 0 Å². The number of fused-ring (bicyclic) bond motifs is 3. The van der Waals surface area contributed by atoms with Crippen molar-refractivity contribution in [3.05, 3.63) is 34.9 Å². The topological polar surface area (TPSA) is 188 Å². The van der Waals surface area contributed by atoms with Crippen molar-refractivity contribution in [2.24, 2.45) is 23.5 Å². The monoisotopic (exact) mass is 516 g/mol. The average Bonchev–Trinajstić information content (AvgIpc) is 2.80. The number of carbonyl (C=O) groups is 4. The van der Waals surface area contributed by atoms with Crippen molar-refractivity contribution >= 4 is 29.2 Å². The van der Waals surface area contributed by atoms with E-state index in [1.54, 1.807) is 26.0 Å². The first-order chi connectivity index (χ1) is 17.3. The smallest absolute Gasteiger partial charge is 0.306 e. The zero-order valence-electron chi connectivity index (χ0n) is 21.0. The van der Waals surface area contributed by atoms with Crippen LogP contribution in [0.5, 0.6) is 5.75 Å². The van der Waals surface area contributed by atoms with Crippen LogP contribution in [0, 0.1) is 17.8 Å². The Balaban J connectivity index is 2.05. The van der Waals surface area contributed by atoms with Gasteiger partial charge in [0.05, 0.1) is 17.6 Å². The van der Waals surface area contributed by atoms with E-state index in [-0.39, 0.29) is 23.3 Å². The second-order valence-corrected chi connectivity index (χ2v) is 10.3. The predicted molar refractivity (Wildman–Crippen MR) is 129 cm³/mol. The molecule has 2 fully saturated rings. The minimum Gasteiger partial charge on any atom is -0.507 e. The molecule has 2 unspecified atom stereocenters. The summed E-state index contributed by atoms with van der Waals surface area (Å²) in [6, 6.07) is 3.33. The van der Waals surface area contributed by atoms with E-state index in [2.05, 4.69) is 0 Å². The minimum absolute atomic E-state index is 0.00609. The Morgan fingerprint density at radius 3 is 2.41 bits per heavy atom. The number of carbonyl (C=O) groups excluding carboxylic acids is 4. The number of likely N-dealkylation sites (N-methyl/N-ethyl adjacent to an activating group) is 1. The molecule has 37 heavy (non-hydrogen) atoms. The normalized spacial score (nSPS) is 35.1. The fourth-order valence-electron chi connectivity index (χ4n) is 6.46. The first-order valence-electron chi connectivity index (χ1n) is 12.2. The van der Waals surface area contributed by atoms with Crippen LogP contribution >= 0.6 is 0 Å². The number of ketones is 2. The van der Waals surface area contributed by atoms with Crippen LogP contribution in [0.2, 0.25) is 0 Å². The van der Waals surface area contributed by atoms with Crippen LogP contribution in [0.1, 0.15) is 43.7 Å². The van der Waals surface area contributed by atoms with Crippen molar-refractivity contribution in [3.8, 4) is 5.75 Å². The number of amides is 1. The van der Waals surface area contributed by atoms with Gasteiger partial charge in [0, 0.05) is 24.0 Å². The summed E-state index contributed by atoms with van der Waals surface area (Å²) in [5.41, 5.74) is 2.51. The third-order valence-electron chi connectivity index (χ3n) is 8.05. The van der Waals surface area contributed by atoms with E-state index in [0.29, 0.717) is 12.0 Å². The molecular formula is C26H32N2O9. The summed E-state index contributed by atoms with van der Waals surface area (Å²) in [7, 11) is 3.05. The van der Waals surface area contributed by atoms with Crippen LogP contribution in [0.25, 0.3) is 5.76 Å². The van der Waals surface area contributed by atoms with Crippen molar-refractivity contribution in [3.63, 3.8) is 0 Å². The van der Waals surface area contributed by atoms with Crippen LogP contribution in [0.15, 0.2) is 23.8 Å². The molecule has 1 aromatic rings. The van der Waals surface area contributed by atoms with Crippen molar-refractivity contribution in [1.82, 2.24) is 4.90 Å². The van der Waals surface area contributed by atoms with Gasteiger partial charge in [-0.05, 0) is 38.1 Å². The van der Waals surface area contributed by atoms with Gasteiger partial charge in [0.15, 0.2) is 11.4 Å². The Labute approximate surface area is 213 Å². The van der Waals surface area contributed by atoms with E-state index in [0.717, 1.165) is 0 Å². The fraction of sp³-hybridized carbons (Fsp3) is 0.538. The van der Waals surface area contributed by atoms with Gasteiger partial charge in [-0.25, -0.2) is 0 Å². The van der Waals surface area contributed by atoms with Crippen molar-refractivity contribution < 1.29 is 44.3 Å². The number of hydrogen-bond acceptors (Lipinski definition) is 10. The average molecular weight is 517 g/mol. The van der Waals surface area contributed by atoms with E-state index in [9.17, 15) is 39.6 Å². The van der Waals surface area contributed by atoms with Gasteiger partial charge in [-0.1, -0.05) is 26.0 Å². The molecule has 11 heteroatoms. The molecule has 2 saturated carbocycles. The number of nitrogens with two attached hydrogens (primary N) is 1. The molecule has 8 atom stereocenters. The number of ether oxygens (including phenoxy) is 1. The van der Waals surface area contributed by atoms with E-state index in [1.165, 1.54) is 25.1 Å². The SMILES string of the molecule is CCCC(=O)O[C@H]1[C@H]2C(=C(O)c3c(O)cccc3[C@@H]2C)C(=O)[C@]2(O)C(=O)C(C(N)=O)C(O)[C@@H](N(C)C)[C@H]12. The van der Waals surface area contributed by atoms with Crippen LogP contribution in [-0.4, -0.2) is 86.7 Å². The van der Waals surface area contributed by atoms with Gasteiger partial charge < -0.3 is 35.8 Å². The number of aliphatic hydroxyl groups excluding tert-OH is 2. The quantitative estimate of drug-likeness (QED) is 0.263. The summed E-state index contributed by atoms with van der Waals surface area (Å²) in [6.45, 7) is 3.47. The van der Waals surface area contributed by atoms with Crippen molar-refractivity contribution in [2.75, 3.05) is 14.1 Å². The number of aliphatic hydroxyl groups is 3. The Bertz CT molecular complexity index is 1210. The number of phenols is 1. The predicted octanol–water partition coefficient (Wildman–Crippen LogP) is 0.0118. The van der Waals surface area contributed by atoms with Crippen LogP contribution < -0.4 is 5.73 Å². The second-order valence-electron chi connectivity index (χ2n) is 10.3. The highest BCUT2D eigenvalue weighted by Gasteiger charge is 2.72. The highest BCUT2D eigenvalue weighted by atomic mass is 16.5. The third kappa shape index (κ3) is 3.67. The Morgan fingerprint density at radius 1 is 1.19 bits per heavy atom. The summed E-state index contributed by atoms with van der Waals surface area (Å²) in [5, 5.41) is 44.8. The first-order valence-corrected chi connectivity index (χ1v) is 12.2. The number of benzene rings is 1. The van der Waals surface area contributed by atoms with Gasteiger partial charge in [-0.2, -0.15) is 0 Å². The van der Waals surface area contributed by atoms with Gasteiger partial charge in [0.2, 0.25) is 11.7 Å². The maximum Gasteiger partial charge on any atom is 0.306 e.